The normalized spacial score (nSPS) is 27.8. The summed E-state index contributed by atoms with van der Waals surface area (Å²) in [4.78, 5) is 31.2. The summed E-state index contributed by atoms with van der Waals surface area (Å²) >= 11 is 0. The monoisotopic (exact) mass is 434 g/mol. The summed E-state index contributed by atoms with van der Waals surface area (Å²) in [6.07, 6.45) is 16.2. The van der Waals surface area contributed by atoms with E-state index >= 15 is 0 Å². The molecule has 4 aliphatic carbocycles. The molecule has 0 spiro atoms. The van der Waals surface area contributed by atoms with Crippen LogP contribution in [0.3, 0.4) is 0 Å². The first-order valence-corrected chi connectivity index (χ1v) is 11.6. The van der Waals surface area contributed by atoms with E-state index in [0.717, 1.165) is 24.3 Å². The second-order valence-electron chi connectivity index (χ2n) is 9.97. The van der Waals surface area contributed by atoms with E-state index in [1.807, 2.05) is 31.2 Å². The van der Waals surface area contributed by atoms with Crippen molar-refractivity contribution in [2.45, 2.75) is 52.0 Å². The van der Waals surface area contributed by atoms with Crippen LogP contribution in [0, 0.1) is 35.7 Å². The van der Waals surface area contributed by atoms with Crippen molar-refractivity contribution in [2.24, 2.45) is 23.2 Å². The average molecular weight is 435 g/mol. The highest BCUT2D eigenvalue weighted by atomic mass is 16.5. The molecule has 32 heavy (non-hydrogen) atoms. The first-order valence-electron chi connectivity index (χ1n) is 11.6. The number of hydrogen-bond acceptors (Lipinski definition) is 4. The predicted molar refractivity (Wildman–Crippen MR) is 120 cm³/mol. The Labute approximate surface area is 188 Å². The van der Waals surface area contributed by atoms with E-state index < -0.39 is 6.09 Å². The highest BCUT2D eigenvalue weighted by Crippen LogP contribution is 2.59. The van der Waals surface area contributed by atoms with Crippen molar-refractivity contribution >= 4 is 17.6 Å². The minimum atomic E-state index is -0.583. The zero-order valence-corrected chi connectivity index (χ0v) is 18.5. The van der Waals surface area contributed by atoms with E-state index in [1.165, 1.54) is 43.4 Å². The van der Waals surface area contributed by atoms with Gasteiger partial charge in [0.25, 0.3) is 5.91 Å². The summed E-state index contributed by atoms with van der Waals surface area (Å²) in [6.45, 7) is 3.30. The average Bonchev–Trinajstić information content (AvgIpc) is 3.18. The van der Waals surface area contributed by atoms with Crippen LogP contribution in [0.2, 0.25) is 0 Å². The Kier molecular flexibility index (Phi) is 5.32. The topological polar surface area (TPSA) is 75.9 Å². The molecule has 0 aliphatic heterocycles. The molecular weight excluding hydrogens is 404 g/mol. The highest BCUT2D eigenvalue weighted by Gasteiger charge is 2.50. The fourth-order valence-corrected chi connectivity index (χ4v) is 6.80. The van der Waals surface area contributed by atoms with Gasteiger partial charge < -0.3 is 15.0 Å². The molecule has 1 N–H and O–H groups in total. The van der Waals surface area contributed by atoms with Crippen LogP contribution >= 0.6 is 0 Å². The Hall–Kier alpha value is -3.01. The number of ether oxygens (including phenoxy) is 1. The van der Waals surface area contributed by atoms with Crippen LogP contribution in [0.4, 0.5) is 4.79 Å². The van der Waals surface area contributed by atoms with Crippen molar-refractivity contribution in [3.8, 4) is 12.5 Å². The van der Waals surface area contributed by atoms with E-state index in [-0.39, 0.29) is 17.9 Å². The molecule has 0 radical (unpaired) electrons. The Balaban J connectivity index is 1.30. The van der Waals surface area contributed by atoms with E-state index in [2.05, 4.69) is 15.0 Å². The Morgan fingerprint density at radius 1 is 1.25 bits per heavy atom. The van der Waals surface area contributed by atoms with Gasteiger partial charge in [-0.15, -0.1) is 0 Å². The molecule has 0 aromatic carbocycles. The fourth-order valence-electron chi connectivity index (χ4n) is 6.80. The first kappa shape index (κ1) is 20.9. The summed E-state index contributed by atoms with van der Waals surface area (Å²) in [5, 5.41) is 3.25. The number of pyridine rings is 1. The number of carbonyl (C=O) groups excluding carboxylic acids is 2. The maximum absolute atomic E-state index is 13.2. The van der Waals surface area contributed by atoms with E-state index in [0.29, 0.717) is 23.6 Å². The molecule has 4 saturated carbocycles. The zero-order chi connectivity index (χ0) is 22.3. The lowest BCUT2D eigenvalue weighted by Crippen LogP contribution is -2.51. The number of hydrogen-bond donors (Lipinski definition) is 1. The number of fused-ring (bicyclic) bond motifs is 1. The molecule has 7 nitrogen and oxygen atoms in total. The molecule has 2 amide bonds. The van der Waals surface area contributed by atoms with Crippen molar-refractivity contribution in [1.29, 1.82) is 0 Å². The fraction of sp³-hybridized carbons (Fsp3) is 0.560. The third-order valence-corrected chi connectivity index (χ3v) is 7.70. The van der Waals surface area contributed by atoms with Crippen LogP contribution in [0.15, 0.2) is 24.4 Å². The molecule has 4 bridgehead atoms. The Bertz CT molecular complexity index is 1050. The van der Waals surface area contributed by atoms with Gasteiger partial charge in [0.2, 0.25) is 0 Å². The molecule has 4 aliphatic rings. The largest absolute Gasteiger partial charge is 0.424 e. The first-order chi connectivity index (χ1) is 15.5. The summed E-state index contributed by atoms with van der Waals surface area (Å²) in [6, 6.07) is 5.52. The molecule has 0 unspecified atom stereocenters. The van der Waals surface area contributed by atoms with Crippen LogP contribution in [0.25, 0.3) is 5.65 Å². The van der Waals surface area contributed by atoms with Gasteiger partial charge in [-0.25, -0.2) is 9.78 Å². The number of rotatable bonds is 6. The van der Waals surface area contributed by atoms with Crippen molar-refractivity contribution in [1.82, 2.24) is 19.6 Å². The number of amides is 2. The molecule has 2 heterocycles. The molecule has 168 valence electrons. The molecular formula is C25H30N4O3. The zero-order valence-electron chi connectivity index (χ0n) is 18.5. The molecule has 0 saturated heterocycles. The standard InChI is InChI=1S/C25H30N4O3/c1-3-28(24(31)32-4-2)14-20-15-29-21(6-5-7-22(29)27-20)23(30)26-16-25-11-17-8-18(12-25)10-19(9-17)13-25/h2,5-7,15,17-19H,3,8-14,16H2,1H3,(H,26,30). The number of carbonyl (C=O) groups is 2. The summed E-state index contributed by atoms with van der Waals surface area (Å²) in [5.74, 6) is 2.51. The van der Waals surface area contributed by atoms with Gasteiger partial charge in [0.15, 0.2) is 0 Å². The maximum Gasteiger partial charge on any atom is 0.424 e. The lowest BCUT2D eigenvalue weighted by molar-refractivity contribution is -0.0503. The van der Waals surface area contributed by atoms with Crippen LogP contribution in [0.1, 0.15) is 61.6 Å². The van der Waals surface area contributed by atoms with Crippen molar-refractivity contribution in [3.63, 3.8) is 0 Å². The van der Waals surface area contributed by atoms with Gasteiger partial charge in [0, 0.05) is 19.3 Å². The third kappa shape index (κ3) is 3.83. The molecule has 2 aromatic heterocycles. The quantitative estimate of drug-likeness (QED) is 0.701. The van der Waals surface area contributed by atoms with Gasteiger partial charge in [0.05, 0.1) is 12.2 Å². The summed E-state index contributed by atoms with van der Waals surface area (Å²) < 4.78 is 6.45. The maximum atomic E-state index is 13.2. The van der Waals surface area contributed by atoms with Gasteiger partial charge in [-0.1, -0.05) is 12.5 Å². The van der Waals surface area contributed by atoms with Crippen molar-refractivity contribution < 1.29 is 14.3 Å². The van der Waals surface area contributed by atoms with Gasteiger partial charge >= 0.3 is 6.09 Å². The van der Waals surface area contributed by atoms with Gasteiger partial charge in [-0.2, -0.15) is 0 Å². The molecule has 2 aromatic rings. The Morgan fingerprint density at radius 3 is 2.56 bits per heavy atom. The minimum Gasteiger partial charge on any atom is -0.356 e. The van der Waals surface area contributed by atoms with Crippen LogP contribution in [-0.2, 0) is 11.3 Å². The van der Waals surface area contributed by atoms with E-state index in [4.69, 9.17) is 6.42 Å². The minimum absolute atomic E-state index is 0.0746. The van der Waals surface area contributed by atoms with Gasteiger partial charge in [0.1, 0.15) is 17.4 Å². The van der Waals surface area contributed by atoms with Gasteiger partial charge in [-0.3, -0.25) is 9.20 Å². The predicted octanol–water partition coefficient (Wildman–Crippen LogP) is 3.83. The molecule has 4 fully saturated rings. The lowest BCUT2D eigenvalue weighted by Gasteiger charge is -2.56. The van der Waals surface area contributed by atoms with Crippen molar-refractivity contribution in [2.75, 3.05) is 13.1 Å². The number of nitrogens with one attached hydrogen (secondary N) is 1. The summed E-state index contributed by atoms with van der Waals surface area (Å²) in [7, 11) is 0. The van der Waals surface area contributed by atoms with Crippen molar-refractivity contribution in [3.05, 3.63) is 35.8 Å². The number of terminal acetylenes is 1. The second kappa shape index (κ2) is 8.16. The van der Waals surface area contributed by atoms with Crippen LogP contribution in [0.5, 0.6) is 0 Å². The van der Waals surface area contributed by atoms with E-state index in [1.54, 1.807) is 10.6 Å². The molecule has 7 heteroatoms. The molecule has 6 rings (SSSR count). The molecule has 0 atom stereocenters. The van der Waals surface area contributed by atoms with E-state index in [9.17, 15) is 9.59 Å². The highest BCUT2D eigenvalue weighted by molar-refractivity contribution is 5.93. The lowest BCUT2D eigenvalue weighted by atomic mass is 9.49. The van der Waals surface area contributed by atoms with Crippen LogP contribution in [-0.4, -0.2) is 39.4 Å². The second-order valence-corrected chi connectivity index (χ2v) is 9.97. The number of imidazole rings is 1. The SMILES string of the molecule is C#COC(=O)N(CC)Cc1cn2c(C(=O)NCC34CC5CC(CC(C5)C3)C4)cccc2n1. The smallest absolute Gasteiger partial charge is 0.356 e. The number of aromatic nitrogens is 2. The Morgan fingerprint density at radius 2 is 1.94 bits per heavy atom. The third-order valence-electron chi connectivity index (χ3n) is 7.70. The number of nitrogens with zero attached hydrogens (tertiary/aromatic N) is 3. The summed E-state index contributed by atoms with van der Waals surface area (Å²) in [5.41, 5.74) is 2.18. The van der Waals surface area contributed by atoms with Gasteiger partial charge in [-0.05, 0) is 80.8 Å². The van der Waals surface area contributed by atoms with Crippen LogP contribution < -0.4 is 5.32 Å².